The zero-order valence-electron chi connectivity index (χ0n) is 36.7. The highest BCUT2D eigenvalue weighted by Crippen LogP contribution is 2.51. The second kappa shape index (κ2) is 21.5. The Morgan fingerprint density at radius 3 is 1.83 bits per heavy atom. The number of benzene rings is 2. The molecule has 2 atom stereocenters. The van der Waals surface area contributed by atoms with Crippen LogP contribution in [0.3, 0.4) is 0 Å². The zero-order valence-corrected chi connectivity index (χ0v) is 40.0. The molecule has 0 aliphatic carbocycles. The normalized spacial score (nSPS) is 20.1. The fourth-order valence-electron chi connectivity index (χ4n) is 8.21. The summed E-state index contributed by atoms with van der Waals surface area (Å²) in [5, 5.41) is 9.19. The van der Waals surface area contributed by atoms with Crippen LogP contribution in [0.5, 0.6) is 0 Å². The van der Waals surface area contributed by atoms with Crippen molar-refractivity contribution in [2.45, 2.75) is 85.8 Å². The van der Waals surface area contributed by atoms with Crippen LogP contribution in [0.25, 0.3) is 0 Å². The number of hydrogen-bond donors (Lipinski definition) is 1. The molecule has 17 nitrogen and oxygen atoms in total. The van der Waals surface area contributed by atoms with E-state index in [9.17, 15) is 43.6 Å². The van der Waals surface area contributed by atoms with Gasteiger partial charge in [-0.1, -0.05) is 24.6 Å². The van der Waals surface area contributed by atoms with Crippen LogP contribution in [0.15, 0.2) is 82.3 Å². The lowest BCUT2D eigenvalue weighted by molar-refractivity contribution is -0.441. The first-order chi connectivity index (χ1) is 29.6. The van der Waals surface area contributed by atoms with E-state index in [0.29, 0.717) is 67.9 Å². The van der Waals surface area contributed by atoms with Crippen LogP contribution in [0.2, 0.25) is 0 Å². The van der Waals surface area contributed by atoms with Crippen LogP contribution in [-0.4, -0.2) is 122 Å². The molecule has 0 radical (unpaired) electrons. The van der Waals surface area contributed by atoms with Crippen molar-refractivity contribution in [2.75, 3.05) is 71.7 Å². The maximum absolute atomic E-state index is 12.9. The number of unbranched alkanes of at least 4 members (excludes halogenated alkanes) is 2. The predicted octanol–water partition coefficient (Wildman–Crippen LogP) is 5.29. The fraction of sp³-hybridized carbons (Fsp3) is 0.524. The van der Waals surface area contributed by atoms with E-state index in [1.807, 2.05) is 35.5 Å². The van der Waals surface area contributed by atoms with Crippen molar-refractivity contribution in [3.05, 3.63) is 83.6 Å². The van der Waals surface area contributed by atoms with E-state index in [2.05, 4.69) is 0 Å². The molecule has 0 spiro atoms. The number of aliphatic carboxylic acids is 1. The van der Waals surface area contributed by atoms with Crippen LogP contribution in [-0.2, 0) is 77.6 Å². The Labute approximate surface area is 372 Å². The molecule has 0 saturated heterocycles. The predicted molar refractivity (Wildman–Crippen MR) is 238 cm³/mol. The topological polar surface area (TPSA) is 226 Å². The summed E-state index contributed by atoms with van der Waals surface area (Å²) < 4.78 is 128. The molecule has 4 rings (SSSR count). The van der Waals surface area contributed by atoms with Crippen molar-refractivity contribution < 1.29 is 69.6 Å². The van der Waals surface area contributed by atoms with Crippen molar-refractivity contribution in [1.29, 1.82) is 0 Å². The molecule has 21 heteroatoms. The highest BCUT2D eigenvalue weighted by molar-refractivity contribution is 7.87. The highest BCUT2D eigenvalue weighted by atomic mass is 32.2. The molecule has 2 unspecified atom stereocenters. The van der Waals surface area contributed by atoms with E-state index < -0.39 is 57.3 Å². The first-order valence-corrected chi connectivity index (χ1v) is 26.2. The van der Waals surface area contributed by atoms with Gasteiger partial charge in [-0.25, -0.2) is 0 Å². The molecule has 1 N–H and O–H groups in total. The number of methoxy groups -OCH3 is 1. The van der Waals surface area contributed by atoms with Gasteiger partial charge in [0, 0.05) is 54.6 Å². The molecule has 350 valence electrons. The smallest absolute Gasteiger partial charge is 0.303 e. The molecule has 2 heterocycles. The molecule has 2 aliphatic rings. The molecule has 63 heavy (non-hydrogen) atoms. The van der Waals surface area contributed by atoms with Crippen molar-refractivity contribution >= 4 is 63.5 Å². The summed E-state index contributed by atoms with van der Waals surface area (Å²) in [4.78, 5) is 13.1. The van der Waals surface area contributed by atoms with Gasteiger partial charge in [-0.15, -0.1) is 0 Å². The van der Waals surface area contributed by atoms with Gasteiger partial charge in [-0.3, -0.25) is 21.5 Å². The number of carboxylic acids is 1. The van der Waals surface area contributed by atoms with E-state index >= 15 is 0 Å². The first-order valence-electron chi connectivity index (χ1n) is 20.2. The minimum absolute atomic E-state index is 0.0178. The number of hydrogen-bond acceptors (Lipinski definition) is 15. The standard InChI is InChI=1S/C42H58N2O15S4/c1-41(23-14-28-60(47,48)56-4)34-30-32(62(51,52)58-6)19-21-36(34)43(25-13-9-12-18-40(45)46)38(41)16-10-8-11-17-39-42(2,24-15-29-61(49,50)57-5)35-31-33(63(53,54)59-7)20-22-37(35)44(39)26-27-55-3/h8,10-11,16-17,19-22,30-31H,9,12-15,18,23-29H2,1-7H3/p+1. The zero-order chi connectivity index (χ0) is 46.9. The molecule has 0 bridgehead atoms. The summed E-state index contributed by atoms with van der Waals surface area (Å²) in [7, 11) is -9.89. The van der Waals surface area contributed by atoms with Crippen molar-refractivity contribution in [3.63, 3.8) is 0 Å². The maximum atomic E-state index is 12.9. The Morgan fingerprint density at radius 1 is 0.698 bits per heavy atom. The number of ether oxygens (including phenoxy) is 1. The molecule has 0 aromatic heterocycles. The van der Waals surface area contributed by atoms with E-state index in [1.165, 1.54) is 12.1 Å². The van der Waals surface area contributed by atoms with Gasteiger partial charge >= 0.3 is 5.97 Å². The van der Waals surface area contributed by atoms with Gasteiger partial charge in [0.05, 0.1) is 55.2 Å². The van der Waals surface area contributed by atoms with Gasteiger partial charge in [0.25, 0.3) is 40.5 Å². The minimum Gasteiger partial charge on any atom is -0.481 e. The average molecular weight is 960 g/mol. The summed E-state index contributed by atoms with van der Waals surface area (Å²) in [6.45, 7) is 4.99. The molecular weight excluding hydrogens is 901 g/mol. The Balaban J connectivity index is 1.84. The van der Waals surface area contributed by atoms with Gasteiger partial charge < -0.3 is 14.7 Å². The van der Waals surface area contributed by atoms with Crippen molar-refractivity contribution in [3.8, 4) is 0 Å². The largest absolute Gasteiger partial charge is 0.481 e. The number of carbonyl (C=O) groups is 1. The Morgan fingerprint density at radius 2 is 1.27 bits per heavy atom. The van der Waals surface area contributed by atoms with E-state index in [-0.39, 0.29) is 47.0 Å². The third-order valence-electron chi connectivity index (χ3n) is 11.6. The molecule has 2 aromatic rings. The van der Waals surface area contributed by atoms with Gasteiger partial charge in [0.1, 0.15) is 6.61 Å². The number of nitrogens with zero attached hydrogens (tertiary/aromatic N) is 2. The second-order valence-electron chi connectivity index (χ2n) is 15.5. The molecule has 2 aromatic carbocycles. The lowest BCUT2D eigenvalue weighted by Crippen LogP contribution is -2.32. The summed E-state index contributed by atoms with van der Waals surface area (Å²) in [6.07, 6.45) is 11.8. The summed E-state index contributed by atoms with van der Waals surface area (Å²) in [5.74, 6) is -1.43. The summed E-state index contributed by atoms with van der Waals surface area (Å²) in [6, 6.07) is 9.39. The molecule has 0 saturated carbocycles. The second-order valence-corrected chi connectivity index (χ2v) is 22.6. The van der Waals surface area contributed by atoms with Crippen LogP contribution < -0.4 is 4.90 Å². The number of allylic oxidation sites excluding steroid dienone is 6. The molecular formula is C42H59N2O15S4+. The quantitative estimate of drug-likeness (QED) is 0.0547. The number of rotatable bonds is 26. The van der Waals surface area contributed by atoms with E-state index in [0.717, 1.165) is 39.8 Å². The summed E-state index contributed by atoms with van der Waals surface area (Å²) >= 11 is 0. The van der Waals surface area contributed by atoms with E-state index in [1.54, 1.807) is 49.6 Å². The Bertz CT molecular complexity index is 2570. The van der Waals surface area contributed by atoms with Crippen molar-refractivity contribution in [1.82, 2.24) is 0 Å². The number of anilines is 1. The first kappa shape index (κ1) is 51.8. The Hall–Kier alpha value is -3.80. The van der Waals surface area contributed by atoms with Gasteiger partial charge in [-0.2, -0.15) is 38.2 Å². The van der Waals surface area contributed by atoms with Crippen LogP contribution in [0.4, 0.5) is 11.4 Å². The molecule has 0 amide bonds. The number of carboxylic acid groups (broad SMARTS) is 1. The monoisotopic (exact) mass is 959 g/mol. The van der Waals surface area contributed by atoms with Crippen LogP contribution in [0.1, 0.15) is 76.3 Å². The van der Waals surface area contributed by atoms with Crippen LogP contribution >= 0.6 is 0 Å². The maximum Gasteiger partial charge on any atom is 0.303 e. The van der Waals surface area contributed by atoms with Gasteiger partial charge in [-0.05, 0) is 94.3 Å². The SMILES string of the molecule is COCC[N+]1=C(/C=C/C=C/C=C2/N(CCCCCC(=O)O)c3ccc(S(=O)(=O)OC)cc3C2(C)CCCS(=O)(=O)OC)C(C)(CCCS(=O)(=O)OC)c2cc(S(=O)(=O)OC)ccc21. The third-order valence-corrected chi connectivity index (χ3v) is 16.7. The Kier molecular flexibility index (Phi) is 17.7. The molecule has 0 fully saturated rings. The van der Waals surface area contributed by atoms with Gasteiger partial charge in [0.15, 0.2) is 12.3 Å². The van der Waals surface area contributed by atoms with E-state index in [4.69, 9.17) is 21.5 Å². The minimum atomic E-state index is -4.10. The third kappa shape index (κ3) is 12.3. The number of fused-ring (bicyclic) bond motifs is 2. The summed E-state index contributed by atoms with van der Waals surface area (Å²) in [5.41, 5.74) is 2.43. The lowest BCUT2D eigenvalue weighted by atomic mass is 9.76. The van der Waals surface area contributed by atoms with Crippen molar-refractivity contribution in [2.24, 2.45) is 0 Å². The highest BCUT2D eigenvalue weighted by Gasteiger charge is 2.48. The molecule has 2 aliphatic heterocycles. The average Bonchev–Trinajstić information content (AvgIpc) is 3.61. The fourth-order valence-corrected chi connectivity index (χ4v) is 10.9. The van der Waals surface area contributed by atoms with Crippen LogP contribution in [0, 0.1) is 0 Å². The van der Waals surface area contributed by atoms with Gasteiger partial charge in [0.2, 0.25) is 5.69 Å². The lowest BCUT2D eigenvalue weighted by Gasteiger charge is -2.30.